The fourth-order valence-corrected chi connectivity index (χ4v) is 3.82. The van der Waals surface area contributed by atoms with Crippen LogP contribution in [0.2, 0.25) is 0 Å². The molecule has 8 heteroatoms. The van der Waals surface area contributed by atoms with E-state index in [0.29, 0.717) is 23.6 Å². The molecule has 2 aromatic heterocycles. The maximum atomic E-state index is 12.8. The second-order valence-electron chi connectivity index (χ2n) is 6.38. The van der Waals surface area contributed by atoms with Gasteiger partial charge >= 0.3 is 5.97 Å². The number of rotatable bonds is 6. The summed E-state index contributed by atoms with van der Waals surface area (Å²) in [6, 6.07) is 14.2. The molecule has 1 amide bonds. The molecular weight excluding hydrogens is 402 g/mol. The lowest BCUT2D eigenvalue weighted by Crippen LogP contribution is -2.14. The van der Waals surface area contributed by atoms with Crippen molar-refractivity contribution < 1.29 is 19.1 Å². The largest absolute Gasteiger partial charge is 0.497 e. The van der Waals surface area contributed by atoms with Crippen molar-refractivity contribution in [2.45, 2.75) is 6.92 Å². The monoisotopic (exact) mass is 421 g/mol. The number of methoxy groups -OCH3 is 1. The molecule has 4 rings (SSSR count). The Morgan fingerprint density at radius 3 is 2.70 bits per heavy atom. The van der Waals surface area contributed by atoms with Gasteiger partial charge < -0.3 is 14.8 Å². The second kappa shape index (κ2) is 8.38. The number of benzene rings is 2. The number of thiazole rings is 1. The quantitative estimate of drug-likeness (QED) is 0.464. The first-order chi connectivity index (χ1) is 14.6. The van der Waals surface area contributed by atoms with E-state index in [4.69, 9.17) is 9.47 Å². The first-order valence-electron chi connectivity index (χ1n) is 9.28. The van der Waals surface area contributed by atoms with E-state index in [0.717, 1.165) is 22.0 Å². The van der Waals surface area contributed by atoms with E-state index in [1.165, 1.54) is 11.3 Å². The Kier molecular flexibility index (Phi) is 5.49. The lowest BCUT2D eigenvalue weighted by molar-refractivity contribution is 0.0526. The van der Waals surface area contributed by atoms with Crippen molar-refractivity contribution in [1.29, 1.82) is 0 Å². The van der Waals surface area contributed by atoms with Gasteiger partial charge in [-0.15, -0.1) is 11.3 Å². The van der Waals surface area contributed by atoms with Crippen LogP contribution in [0.25, 0.3) is 16.2 Å². The number of nitrogens with one attached hydrogen (secondary N) is 1. The molecule has 0 radical (unpaired) electrons. The summed E-state index contributed by atoms with van der Waals surface area (Å²) < 4.78 is 12.0. The molecule has 0 saturated carbocycles. The Hall–Kier alpha value is -3.65. The second-order valence-corrected chi connectivity index (χ2v) is 7.22. The van der Waals surface area contributed by atoms with Crippen LogP contribution < -0.4 is 10.1 Å². The van der Waals surface area contributed by atoms with Gasteiger partial charge in [0.15, 0.2) is 4.96 Å². The van der Waals surface area contributed by atoms with E-state index >= 15 is 0 Å². The summed E-state index contributed by atoms with van der Waals surface area (Å²) in [6.07, 6.45) is 1.83. The van der Waals surface area contributed by atoms with Crippen molar-refractivity contribution >= 4 is 33.9 Å². The number of nitrogens with zero attached hydrogens (tertiary/aromatic N) is 2. The van der Waals surface area contributed by atoms with Crippen molar-refractivity contribution in [2.75, 3.05) is 19.0 Å². The molecule has 2 heterocycles. The van der Waals surface area contributed by atoms with E-state index < -0.39 is 5.97 Å². The van der Waals surface area contributed by atoms with Gasteiger partial charge in [-0.3, -0.25) is 9.20 Å². The van der Waals surface area contributed by atoms with Gasteiger partial charge in [-0.2, -0.15) is 0 Å². The van der Waals surface area contributed by atoms with Crippen LogP contribution in [0.1, 0.15) is 27.8 Å². The molecule has 0 aliphatic rings. The van der Waals surface area contributed by atoms with E-state index in [1.807, 2.05) is 30.5 Å². The smallest absolute Gasteiger partial charge is 0.338 e. The zero-order chi connectivity index (χ0) is 21.1. The highest BCUT2D eigenvalue weighted by molar-refractivity contribution is 7.15. The Morgan fingerprint density at radius 1 is 1.17 bits per heavy atom. The minimum absolute atomic E-state index is 0.264. The molecule has 0 unspecified atom stereocenters. The van der Waals surface area contributed by atoms with Crippen molar-refractivity contribution in [1.82, 2.24) is 9.38 Å². The number of anilines is 1. The van der Waals surface area contributed by atoms with Crippen LogP contribution in [-0.4, -0.2) is 35.0 Å². The molecule has 0 bridgehead atoms. The average Bonchev–Trinajstić information content (AvgIpc) is 3.35. The molecule has 30 heavy (non-hydrogen) atoms. The predicted octanol–water partition coefficient (Wildman–Crippen LogP) is 4.50. The highest BCUT2D eigenvalue weighted by atomic mass is 32.1. The number of hydrogen-bond donors (Lipinski definition) is 1. The molecule has 7 nitrogen and oxygen atoms in total. The molecule has 4 aromatic rings. The van der Waals surface area contributed by atoms with Crippen LogP contribution in [-0.2, 0) is 4.74 Å². The highest BCUT2D eigenvalue weighted by Crippen LogP contribution is 2.26. The van der Waals surface area contributed by atoms with Gasteiger partial charge in [0.25, 0.3) is 5.91 Å². The van der Waals surface area contributed by atoms with E-state index in [1.54, 1.807) is 48.1 Å². The molecule has 0 fully saturated rings. The predicted molar refractivity (Wildman–Crippen MR) is 115 cm³/mol. The number of ether oxygens (including phenoxy) is 2. The van der Waals surface area contributed by atoms with Crippen LogP contribution in [0, 0.1) is 0 Å². The third kappa shape index (κ3) is 3.90. The third-order valence-corrected chi connectivity index (χ3v) is 5.30. The summed E-state index contributed by atoms with van der Waals surface area (Å²) in [7, 11) is 1.62. The fraction of sp³-hybridized carbons (Fsp3) is 0.136. The average molecular weight is 421 g/mol. The molecular formula is C22H19N3O4S. The summed E-state index contributed by atoms with van der Waals surface area (Å²) in [5, 5.41) is 4.61. The van der Waals surface area contributed by atoms with Crippen molar-refractivity contribution in [3.05, 3.63) is 71.4 Å². The number of carbonyl (C=O) groups excluding carboxylic acids is 2. The summed E-state index contributed by atoms with van der Waals surface area (Å²) in [5.74, 6) is 0.0891. The summed E-state index contributed by atoms with van der Waals surface area (Å²) in [4.78, 5) is 29.9. The van der Waals surface area contributed by atoms with Gasteiger partial charge in [-0.25, -0.2) is 9.78 Å². The lowest BCUT2D eigenvalue weighted by Gasteiger charge is -2.06. The summed E-state index contributed by atoms with van der Waals surface area (Å²) in [6.45, 7) is 2.07. The number of aromatic nitrogens is 2. The van der Waals surface area contributed by atoms with Crippen LogP contribution in [0.15, 0.2) is 60.1 Å². The maximum Gasteiger partial charge on any atom is 0.338 e. The van der Waals surface area contributed by atoms with Gasteiger partial charge in [0.1, 0.15) is 11.4 Å². The molecule has 1 N–H and O–H groups in total. The number of carbonyl (C=O) groups is 2. The zero-order valence-corrected chi connectivity index (χ0v) is 17.2. The van der Waals surface area contributed by atoms with Crippen LogP contribution in [0.4, 0.5) is 5.69 Å². The topological polar surface area (TPSA) is 81.9 Å². The number of amides is 1. The van der Waals surface area contributed by atoms with Gasteiger partial charge in [0.2, 0.25) is 0 Å². The van der Waals surface area contributed by atoms with Crippen LogP contribution in [0.5, 0.6) is 5.75 Å². The fourth-order valence-electron chi connectivity index (χ4n) is 2.97. The van der Waals surface area contributed by atoms with Gasteiger partial charge in [-0.05, 0) is 43.3 Å². The highest BCUT2D eigenvalue weighted by Gasteiger charge is 2.16. The molecule has 0 aliphatic heterocycles. The number of esters is 1. The molecule has 152 valence electrons. The number of fused-ring (bicyclic) bond motifs is 1. The molecule has 0 spiro atoms. The van der Waals surface area contributed by atoms with Crippen LogP contribution in [0.3, 0.4) is 0 Å². The SMILES string of the molecule is CCOC(=O)c1ccc(NC(=O)c2csc3nc(-c4cccc(OC)c4)cn23)cc1. The number of imidazole rings is 1. The van der Waals surface area contributed by atoms with Crippen LogP contribution >= 0.6 is 11.3 Å². The van der Waals surface area contributed by atoms with Gasteiger partial charge in [-0.1, -0.05) is 12.1 Å². The first-order valence-corrected chi connectivity index (χ1v) is 10.2. The molecule has 2 aromatic carbocycles. The van der Waals surface area contributed by atoms with Gasteiger partial charge in [0.05, 0.1) is 25.0 Å². The Bertz CT molecular complexity index is 1210. The molecule has 0 aliphatic carbocycles. The van der Waals surface area contributed by atoms with Gasteiger partial charge in [0, 0.05) is 22.8 Å². The molecule has 0 atom stereocenters. The normalized spacial score (nSPS) is 10.7. The minimum Gasteiger partial charge on any atom is -0.497 e. The maximum absolute atomic E-state index is 12.8. The lowest BCUT2D eigenvalue weighted by atomic mass is 10.1. The van der Waals surface area contributed by atoms with E-state index in [2.05, 4.69) is 10.3 Å². The van der Waals surface area contributed by atoms with Crippen molar-refractivity contribution in [3.8, 4) is 17.0 Å². The van der Waals surface area contributed by atoms with Crippen molar-refractivity contribution in [3.63, 3.8) is 0 Å². The Balaban J connectivity index is 1.55. The van der Waals surface area contributed by atoms with Crippen molar-refractivity contribution in [2.24, 2.45) is 0 Å². The zero-order valence-electron chi connectivity index (χ0n) is 16.4. The number of hydrogen-bond acceptors (Lipinski definition) is 6. The Morgan fingerprint density at radius 2 is 1.97 bits per heavy atom. The molecule has 0 saturated heterocycles. The third-order valence-electron chi connectivity index (χ3n) is 4.46. The minimum atomic E-state index is -0.390. The summed E-state index contributed by atoms with van der Waals surface area (Å²) >= 11 is 1.39. The standard InChI is InChI=1S/C22H19N3O4S/c1-3-29-21(27)14-7-9-16(10-8-14)23-20(26)19-13-30-22-24-18(12-25(19)22)15-5-4-6-17(11-15)28-2/h4-13H,3H2,1-2H3,(H,23,26). The summed E-state index contributed by atoms with van der Waals surface area (Å²) in [5.41, 5.74) is 3.16. The van der Waals surface area contributed by atoms with E-state index in [-0.39, 0.29) is 5.91 Å². The Labute approximate surface area is 176 Å². The van der Waals surface area contributed by atoms with E-state index in [9.17, 15) is 9.59 Å². The first kappa shape index (κ1) is 19.7.